The molecule has 19 heavy (non-hydrogen) atoms. The van der Waals surface area contributed by atoms with Crippen LogP contribution in [0.4, 0.5) is 0 Å². The highest BCUT2D eigenvalue weighted by atomic mass is 79.9. The van der Waals surface area contributed by atoms with Crippen LogP contribution in [0.3, 0.4) is 0 Å². The van der Waals surface area contributed by atoms with Gasteiger partial charge in [-0.3, -0.25) is 0 Å². The Hall–Kier alpha value is -0.630. The number of rotatable bonds is 5. The van der Waals surface area contributed by atoms with Crippen LogP contribution in [0.2, 0.25) is 0 Å². The van der Waals surface area contributed by atoms with Gasteiger partial charge in [-0.2, -0.15) is 0 Å². The minimum Gasteiger partial charge on any atom is -0.496 e. The molecule has 0 amide bonds. The molecule has 1 unspecified atom stereocenters. The van der Waals surface area contributed by atoms with Crippen molar-refractivity contribution in [2.45, 2.75) is 23.8 Å². The van der Waals surface area contributed by atoms with E-state index in [9.17, 15) is 8.42 Å². The molecule has 106 valence electrons. The SMILES string of the molecule is COc1ccc(S(=O)(=O)NCC2CCCN2)cc1Br. The molecule has 1 aliphatic heterocycles. The van der Waals surface area contributed by atoms with Gasteiger partial charge in [0, 0.05) is 12.6 Å². The first kappa shape index (κ1) is 14.8. The normalized spacial score (nSPS) is 19.6. The molecule has 1 atom stereocenters. The van der Waals surface area contributed by atoms with Crippen LogP contribution in [0.15, 0.2) is 27.6 Å². The van der Waals surface area contributed by atoms with Gasteiger partial charge in [-0.05, 0) is 53.5 Å². The summed E-state index contributed by atoms with van der Waals surface area (Å²) in [5.74, 6) is 0.608. The van der Waals surface area contributed by atoms with Crippen molar-refractivity contribution in [1.82, 2.24) is 10.0 Å². The minimum atomic E-state index is -3.47. The Kier molecular flexibility index (Phi) is 4.83. The summed E-state index contributed by atoms with van der Waals surface area (Å²) in [4.78, 5) is 0.234. The van der Waals surface area contributed by atoms with E-state index >= 15 is 0 Å². The molecule has 1 aromatic rings. The fourth-order valence-electron chi connectivity index (χ4n) is 2.04. The summed E-state index contributed by atoms with van der Waals surface area (Å²) in [7, 11) is -1.93. The summed E-state index contributed by atoms with van der Waals surface area (Å²) >= 11 is 3.29. The van der Waals surface area contributed by atoms with Gasteiger partial charge in [0.05, 0.1) is 16.5 Å². The quantitative estimate of drug-likeness (QED) is 0.845. The molecule has 0 spiro atoms. The molecule has 1 heterocycles. The standard InChI is InChI=1S/C12H17BrN2O3S/c1-18-12-5-4-10(7-11(12)13)19(16,17)15-8-9-3-2-6-14-9/h4-5,7,9,14-15H,2-3,6,8H2,1H3. The molecule has 5 nitrogen and oxygen atoms in total. The second-order valence-corrected chi connectivity index (χ2v) is 7.06. The molecule has 1 aromatic carbocycles. The Labute approximate surface area is 121 Å². The molecule has 0 saturated carbocycles. The maximum atomic E-state index is 12.1. The first-order valence-electron chi connectivity index (χ1n) is 6.09. The molecule has 1 saturated heterocycles. The van der Waals surface area contributed by atoms with Gasteiger partial charge in [-0.15, -0.1) is 0 Å². The predicted molar refractivity (Wildman–Crippen MR) is 76.9 cm³/mol. The molecular weight excluding hydrogens is 332 g/mol. The molecule has 0 aliphatic carbocycles. The molecule has 7 heteroatoms. The van der Waals surface area contributed by atoms with Crippen molar-refractivity contribution in [3.8, 4) is 5.75 Å². The molecular formula is C12H17BrN2O3S. The van der Waals surface area contributed by atoms with Gasteiger partial charge in [-0.25, -0.2) is 13.1 Å². The lowest BCUT2D eigenvalue weighted by Crippen LogP contribution is -2.37. The van der Waals surface area contributed by atoms with E-state index in [0.717, 1.165) is 19.4 Å². The Balaban J connectivity index is 2.08. The summed E-state index contributed by atoms with van der Waals surface area (Å²) in [5, 5.41) is 3.25. The van der Waals surface area contributed by atoms with Crippen LogP contribution in [-0.4, -0.2) is 34.7 Å². The fourth-order valence-corrected chi connectivity index (χ4v) is 3.84. The Morgan fingerprint density at radius 3 is 2.89 bits per heavy atom. The number of ether oxygens (including phenoxy) is 1. The van der Waals surface area contributed by atoms with Crippen LogP contribution in [0, 0.1) is 0 Å². The van der Waals surface area contributed by atoms with E-state index in [1.807, 2.05) is 0 Å². The first-order chi connectivity index (χ1) is 9.03. The third-order valence-corrected chi connectivity index (χ3v) is 5.16. The molecule has 1 aliphatic rings. The minimum absolute atomic E-state index is 0.233. The van der Waals surface area contributed by atoms with Crippen LogP contribution in [0.25, 0.3) is 0 Å². The smallest absolute Gasteiger partial charge is 0.240 e. The molecule has 0 bridgehead atoms. The molecule has 1 fully saturated rings. The van der Waals surface area contributed by atoms with Crippen LogP contribution in [0.1, 0.15) is 12.8 Å². The van der Waals surface area contributed by atoms with Gasteiger partial charge in [0.25, 0.3) is 0 Å². The lowest BCUT2D eigenvalue weighted by atomic mass is 10.2. The van der Waals surface area contributed by atoms with Crippen molar-refractivity contribution in [3.05, 3.63) is 22.7 Å². The van der Waals surface area contributed by atoms with Crippen molar-refractivity contribution in [2.24, 2.45) is 0 Å². The number of hydrogen-bond acceptors (Lipinski definition) is 4. The third-order valence-electron chi connectivity index (χ3n) is 3.12. The van der Waals surface area contributed by atoms with Crippen molar-refractivity contribution in [2.75, 3.05) is 20.2 Å². The number of hydrogen-bond donors (Lipinski definition) is 2. The fraction of sp³-hybridized carbons (Fsp3) is 0.500. The predicted octanol–water partition coefficient (Wildman–Crippen LogP) is 1.49. The van der Waals surface area contributed by atoms with E-state index in [4.69, 9.17) is 4.74 Å². The lowest BCUT2D eigenvalue weighted by Gasteiger charge is -2.12. The molecule has 2 N–H and O–H groups in total. The second kappa shape index (κ2) is 6.21. The average Bonchev–Trinajstić information content (AvgIpc) is 2.89. The van der Waals surface area contributed by atoms with Crippen LogP contribution in [-0.2, 0) is 10.0 Å². The molecule has 0 radical (unpaired) electrons. The topological polar surface area (TPSA) is 67.4 Å². The maximum Gasteiger partial charge on any atom is 0.240 e. The van der Waals surface area contributed by atoms with E-state index < -0.39 is 10.0 Å². The third kappa shape index (κ3) is 3.68. The van der Waals surface area contributed by atoms with Crippen molar-refractivity contribution in [3.63, 3.8) is 0 Å². The van der Waals surface area contributed by atoms with Gasteiger partial charge in [-0.1, -0.05) is 0 Å². The highest BCUT2D eigenvalue weighted by Crippen LogP contribution is 2.27. The van der Waals surface area contributed by atoms with Gasteiger partial charge in [0.1, 0.15) is 5.75 Å². The van der Waals surface area contributed by atoms with E-state index in [-0.39, 0.29) is 10.9 Å². The number of sulfonamides is 1. The summed E-state index contributed by atoms with van der Waals surface area (Å²) in [6.45, 7) is 1.38. The first-order valence-corrected chi connectivity index (χ1v) is 8.37. The second-order valence-electron chi connectivity index (χ2n) is 4.44. The van der Waals surface area contributed by atoms with Crippen molar-refractivity contribution in [1.29, 1.82) is 0 Å². The number of halogens is 1. The lowest BCUT2D eigenvalue weighted by molar-refractivity contribution is 0.411. The Morgan fingerprint density at radius 2 is 2.32 bits per heavy atom. The van der Waals surface area contributed by atoms with Gasteiger partial charge >= 0.3 is 0 Å². The highest BCUT2D eigenvalue weighted by molar-refractivity contribution is 9.10. The van der Waals surface area contributed by atoms with E-state index in [0.29, 0.717) is 16.8 Å². The van der Waals surface area contributed by atoms with Gasteiger partial charge in [0.2, 0.25) is 10.0 Å². The van der Waals surface area contributed by atoms with Crippen molar-refractivity contribution < 1.29 is 13.2 Å². The highest BCUT2D eigenvalue weighted by Gasteiger charge is 2.20. The van der Waals surface area contributed by atoms with Crippen LogP contribution in [0.5, 0.6) is 5.75 Å². The summed E-state index contributed by atoms with van der Waals surface area (Å²) in [6, 6.07) is 4.94. The monoisotopic (exact) mass is 348 g/mol. The Morgan fingerprint density at radius 1 is 1.53 bits per heavy atom. The van der Waals surface area contributed by atoms with E-state index in [1.165, 1.54) is 13.2 Å². The van der Waals surface area contributed by atoms with Gasteiger partial charge in [0.15, 0.2) is 0 Å². The molecule has 2 rings (SSSR count). The average molecular weight is 349 g/mol. The zero-order chi connectivity index (χ0) is 13.9. The summed E-state index contributed by atoms with van der Waals surface area (Å²) < 4.78 is 32.6. The number of benzene rings is 1. The molecule has 0 aromatic heterocycles. The van der Waals surface area contributed by atoms with Crippen molar-refractivity contribution >= 4 is 26.0 Å². The maximum absolute atomic E-state index is 12.1. The zero-order valence-corrected chi connectivity index (χ0v) is 13.1. The number of nitrogens with one attached hydrogen (secondary N) is 2. The Bertz CT molecular complexity index is 542. The van der Waals surface area contributed by atoms with Crippen LogP contribution >= 0.6 is 15.9 Å². The van der Waals surface area contributed by atoms with E-state index in [2.05, 4.69) is 26.0 Å². The number of methoxy groups -OCH3 is 1. The summed E-state index contributed by atoms with van der Waals surface area (Å²) in [5.41, 5.74) is 0. The van der Waals surface area contributed by atoms with Crippen LogP contribution < -0.4 is 14.8 Å². The summed E-state index contributed by atoms with van der Waals surface area (Å²) in [6.07, 6.45) is 2.11. The van der Waals surface area contributed by atoms with E-state index in [1.54, 1.807) is 12.1 Å². The largest absolute Gasteiger partial charge is 0.496 e. The van der Waals surface area contributed by atoms with Gasteiger partial charge < -0.3 is 10.1 Å². The zero-order valence-electron chi connectivity index (χ0n) is 10.6.